The van der Waals surface area contributed by atoms with Crippen LogP contribution in [0, 0.1) is 0 Å². The van der Waals surface area contributed by atoms with Crippen molar-refractivity contribution >= 4 is 22.6 Å². The second-order valence-electron chi connectivity index (χ2n) is 5.43. The summed E-state index contributed by atoms with van der Waals surface area (Å²) in [5.74, 6) is 0.0697. The van der Waals surface area contributed by atoms with Crippen molar-refractivity contribution in [3.8, 4) is 5.75 Å². The number of phenolic OH excluding ortho intramolecular Hbond substituents is 1. The highest BCUT2D eigenvalue weighted by atomic mass is 35.5. The lowest BCUT2D eigenvalue weighted by Crippen LogP contribution is -2.19. The fourth-order valence-electron chi connectivity index (χ4n) is 2.50. The van der Waals surface area contributed by atoms with Gasteiger partial charge in [0.05, 0.1) is 0 Å². The molecule has 1 aromatic heterocycles. The maximum Gasteiger partial charge on any atom is 0.336 e. The summed E-state index contributed by atoms with van der Waals surface area (Å²) in [6.45, 7) is 2.55. The van der Waals surface area contributed by atoms with Gasteiger partial charge >= 0.3 is 5.63 Å². The molecule has 2 N–H and O–H groups in total. The number of nitrogens with one attached hydrogen (secondary N) is 1. The minimum Gasteiger partial charge on any atom is -0.508 e. The van der Waals surface area contributed by atoms with Crippen molar-refractivity contribution in [2.45, 2.75) is 19.5 Å². The van der Waals surface area contributed by atoms with Crippen LogP contribution in [0.3, 0.4) is 0 Å². The summed E-state index contributed by atoms with van der Waals surface area (Å²) in [5, 5.41) is 14.4. The first kappa shape index (κ1) is 15.6. The maximum atomic E-state index is 11.7. The van der Waals surface area contributed by atoms with Gasteiger partial charge in [0.1, 0.15) is 11.3 Å². The summed E-state index contributed by atoms with van der Waals surface area (Å²) < 4.78 is 5.13. The molecule has 23 heavy (non-hydrogen) atoms. The van der Waals surface area contributed by atoms with Crippen LogP contribution in [-0.2, 0) is 6.54 Å². The van der Waals surface area contributed by atoms with E-state index in [-0.39, 0.29) is 11.8 Å². The molecule has 3 aromatic rings. The molecule has 0 fully saturated rings. The molecule has 1 atom stereocenters. The van der Waals surface area contributed by atoms with Gasteiger partial charge in [-0.2, -0.15) is 0 Å². The van der Waals surface area contributed by atoms with Gasteiger partial charge in [-0.25, -0.2) is 4.79 Å². The number of rotatable bonds is 4. The monoisotopic (exact) mass is 329 g/mol. The largest absolute Gasteiger partial charge is 0.508 e. The molecule has 0 saturated carbocycles. The minimum absolute atomic E-state index is 0.0697. The van der Waals surface area contributed by atoms with E-state index in [1.165, 1.54) is 12.1 Å². The Balaban J connectivity index is 1.84. The molecule has 0 aliphatic carbocycles. The van der Waals surface area contributed by atoms with Crippen molar-refractivity contribution in [3.05, 3.63) is 75.1 Å². The quantitative estimate of drug-likeness (QED) is 0.710. The molecule has 3 rings (SSSR count). The first-order valence-corrected chi connectivity index (χ1v) is 7.65. The van der Waals surface area contributed by atoms with Crippen molar-refractivity contribution in [3.63, 3.8) is 0 Å². The predicted molar refractivity (Wildman–Crippen MR) is 90.9 cm³/mol. The summed E-state index contributed by atoms with van der Waals surface area (Å²) in [6.07, 6.45) is 0. The van der Waals surface area contributed by atoms with E-state index in [0.717, 1.165) is 16.5 Å². The van der Waals surface area contributed by atoms with Gasteiger partial charge in [0.2, 0.25) is 0 Å². The molecule has 4 nitrogen and oxygen atoms in total. The second-order valence-corrected chi connectivity index (χ2v) is 5.86. The average molecular weight is 330 g/mol. The zero-order chi connectivity index (χ0) is 16.4. The molecular formula is C18H16ClNO3. The van der Waals surface area contributed by atoms with E-state index in [4.69, 9.17) is 16.0 Å². The van der Waals surface area contributed by atoms with Crippen LogP contribution in [0.4, 0.5) is 0 Å². The Morgan fingerprint density at radius 2 is 1.91 bits per heavy atom. The molecule has 1 heterocycles. The Morgan fingerprint density at radius 1 is 1.17 bits per heavy atom. The van der Waals surface area contributed by atoms with Gasteiger partial charge in [0, 0.05) is 35.1 Å². The van der Waals surface area contributed by atoms with Crippen molar-refractivity contribution in [1.29, 1.82) is 0 Å². The summed E-state index contributed by atoms with van der Waals surface area (Å²) in [5.41, 5.74) is 1.89. The number of hydrogen-bond donors (Lipinski definition) is 2. The Labute approximate surface area is 138 Å². The lowest BCUT2D eigenvalue weighted by atomic mass is 10.1. The van der Waals surface area contributed by atoms with E-state index in [0.29, 0.717) is 17.2 Å². The molecule has 0 amide bonds. The first-order valence-electron chi connectivity index (χ1n) is 7.27. The Bertz CT molecular complexity index is 887. The van der Waals surface area contributed by atoms with E-state index in [9.17, 15) is 9.90 Å². The standard InChI is InChI=1S/C18H16ClNO3/c1-11(12-2-4-14(19)5-3-12)20-10-13-8-18(22)23-17-9-15(21)6-7-16(13)17/h2-9,11,20-21H,10H2,1H3/t11-/m0/s1. The van der Waals surface area contributed by atoms with Crippen molar-refractivity contribution in [2.24, 2.45) is 0 Å². The molecule has 0 unspecified atom stereocenters. The van der Waals surface area contributed by atoms with Crippen LogP contribution in [0.15, 0.2) is 57.7 Å². The molecule has 0 aliphatic rings. The third kappa shape index (κ3) is 3.55. The summed E-state index contributed by atoms with van der Waals surface area (Å²) in [6, 6.07) is 14.0. The Hall–Kier alpha value is -2.30. The highest BCUT2D eigenvalue weighted by molar-refractivity contribution is 6.30. The molecule has 0 spiro atoms. The van der Waals surface area contributed by atoms with Crippen LogP contribution >= 0.6 is 11.6 Å². The van der Waals surface area contributed by atoms with E-state index in [1.807, 2.05) is 31.2 Å². The highest BCUT2D eigenvalue weighted by Crippen LogP contribution is 2.22. The van der Waals surface area contributed by atoms with Gasteiger partial charge in [-0.3, -0.25) is 0 Å². The topological polar surface area (TPSA) is 62.5 Å². The van der Waals surface area contributed by atoms with Crippen LogP contribution in [0.2, 0.25) is 5.02 Å². The summed E-state index contributed by atoms with van der Waals surface area (Å²) in [7, 11) is 0. The third-order valence-corrected chi connectivity index (χ3v) is 4.03. The predicted octanol–water partition coefficient (Wildman–Crippen LogP) is 4.00. The van der Waals surface area contributed by atoms with Crippen molar-refractivity contribution < 1.29 is 9.52 Å². The fourth-order valence-corrected chi connectivity index (χ4v) is 2.62. The van der Waals surface area contributed by atoms with Gasteiger partial charge < -0.3 is 14.8 Å². The zero-order valence-corrected chi connectivity index (χ0v) is 13.3. The number of benzene rings is 2. The van der Waals surface area contributed by atoms with E-state index in [2.05, 4.69) is 5.32 Å². The van der Waals surface area contributed by atoms with Gasteiger partial charge in [0.25, 0.3) is 0 Å². The Kier molecular flexibility index (Phi) is 4.37. The lowest BCUT2D eigenvalue weighted by Gasteiger charge is -2.15. The second kappa shape index (κ2) is 6.44. The van der Waals surface area contributed by atoms with Gasteiger partial charge in [-0.15, -0.1) is 0 Å². The minimum atomic E-state index is -0.431. The van der Waals surface area contributed by atoms with Crippen LogP contribution in [-0.4, -0.2) is 5.11 Å². The number of aromatic hydroxyl groups is 1. The first-order chi connectivity index (χ1) is 11.0. The van der Waals surface area contributed by atoms with Gasteiger partial charge in [-0.1, -0.05) is 23.7 Å². The van der Waals surface area contributed by atoms with Crippen LogP contribution in [0.5, 0.6) is 5.75 Å². The average Bonchev–Trinajstić information content (AvgIpc) is 2.52. The Morgan fingerprint density at radius 3 is 2.65 bits per heavy atom. The zero-order valence-electron chi connectivity index (χ0n) is 12.5. The summed E-state index contributed by atoms with van der Waals surface area (Å²) in [4.78, 5) is 11.7. The molecule has 0 bridgehead atoms. The lowest BCUT2D eigenvalue weighted by molar-refractivity contribution is 0.473. The number of fused-ring (bicyclic) bond motifs is 1. The fraction of sp³-hybridized carbons (Fsp3) is 0.167. The van der Waals surface area contributed by atoms with Crippen molar-refractivity contribution in [2.75, 3.05) is 0 Å². The van der Waals surface area contributed by atoms with E-state index < -0.39 is 5.63 Å². The van der Waals surface area contributed by atoms with Crippen LogP contribution in [0.25, 0.3) is 11.0 Å². The molecule has 2 aromatic carbocycles. The molecule has 5 heteroatoms. The number of hydrogen-bond acceptors (Lipinski definition) is 4. The molecular weight excluding hydrogens is 314 g/mol. The van der Waals surface area contributed by atoms with E-state index in [1.54, 1.807) is 12.1 Å². The molecule has 118 valence electrons. The maximum absolute atomic E-state index is 11.7. The van der Waals surface area contributed by atoms with E-state index >= 15 is 0 Å². The smallest absolute Gasteiger partial charge is 0.336 e. The van der Waals surface area contributed by atoms with Gasteiger partial charge in [0.15, 0.2) is 0 Å². The van der Waals surface area contributed by atoms with Crippen LogP contribution < -0.4 is 10.9 Å². The van der Waals surface area contributed by atoms with Crippen molar-refractivity contribution in [1.82, 2.24) is 5.32 Å². The third-order valence-electron chi connectivity index (χ3n) is 3.78. The molecule has 0 saturated heterocycles. The summed E-state index contributed by atoms with van der Waals surface area (Å²) >= 11 is 5.90. The SMILES string of the molecule is C[C@H](NCc1cc(=O)oc2cc(O)ccc12)c1ccc(Cl)cc1. The number of phenols is 1. The molecule has 0 radical (unpaired) electrons. The molecule has 0 aliphatic heterocycles. The van der Waals surface area contributed by atoms with Crippen LogP contribution in [0.1, 0.15) is 24.1 Å². The van der Waals surface area contributed by atoms with Gasteiger partial charge in [-0.05, 0) is 42.3 Å². The highest BCUT2D eigenvalue weighted by Gasteiger charge is 2.09. The number of halogens is 1. The normalized spacial score (nSPS) is 12.4.